The molecule has 0 amide bonds. The van der Waals surface area contributed by atoms with Gasteiger partial charge in [0.1, 0.15) is 0 Å². The van der Waals surface area contributed by atoms with E-state index in [9.17, 15) is 0 Å². The van der Waals surface area contributed by atoms with Crippen LogP contribution in [-0.4, -0.2) is 11.8 Å². The normalized spacial score (nSPS) is 17.9. The molecule has 0 aromatic heterocycles. The lowest BCUT2D eigenvalue weighted by atomic mass is 10.0. The van der Waals surface area contributed by atoms with Crippen molar-refractivity contribution in [1.29, 1.82) is 0 Å². The van der Waals surface area contributed by atoms with Crippen LogP contribution in [0.1, 0.15) is 12.5 Å². The summed E-state index contributed by atoms with van der Waals surface area (Å²) < 4.78 is 0. The van der Waals surface area contributed by atoms with Crippen molar-refractivity contribution in [2.45, 2.75) is 13.0 Å². The predicted octanol–water partition coefficient (Wildman–Crippen LogP) is 3.62. The third kappa shape index (κ3) is 1.82. The first-order valence-electron chi connectivity index (χ1n) is 5.84. The van der Waals surface area contributed by atoms with Gasteiger partial charge in [0.25, 0.3) is 0 Å². The van der Waals surface area contributed by atoms with Gasteiger partial charge in [0.05, 0.1) is 23.1 Å². The van der Waals surface area contributed by atoms with Gasteiger partial charge in [-0.3, -0.25) is 0 Å². The summed E-state index contributed by atoms with van der Waals surface area (Å²) in [6.45, 7) is 2.14. The van der Waals surface area contributed by atoms with E-state index in [0.717, 1.165) is 17.1 Å². The largest absolute Gasteiger partial charge is 0.375 e. The minimum Gasteiger partial charge on any atom is -0.375 e. The Bertz CT molecular complexity index is 558. The van der Waals surface area contributed by atoms with Crippen LogP contribution in [0.15, 0.2) is 59.6 Å². The fourth-order valence-electron chi connectivity index (χ4n) is 2.14. The molecule has 1 unspecified atom stereocenters. The van der Waals surface area contributed by atoms with Gasteiger partial charge in [0.2, 0.25) is 0 Å². The van der Waals surface area contributed by atoms with Crippen LogP contribution in [0, 0.1) is 0 Å². The van der Waals surface area contributed by atoms with Crippen molar-refractivity contribution in [2.75, 3.05) is 5.32 Å². The van der Waals surface area contributed by atoms with E-state index >= 15 is 0 Å². The number of fused-ring (bicyclic) bond motifs is 1. The summed E-state index contributed by atoms with van der Waals surface area (Å²) >= 11 is 0. The molecule has 0 saturated heterocycles. The molecule has 0 bridgehead atoms. The maximum absolute atomic E-state index is 4.75. The van der Waals surface area contributed by atoms with Crippen LogP contribution < -0.4 is 5.32 Å². The number of nitrogens with one attached hydrogen (secondary N) is 1. The highest BCUT2D eigenvalue weighted by atomic mass is 15.0. The van der Waals surface area contributed by atoms with Crippen molar-refractivity contribution in [1.82, 2.24) is 0 Å². The summed E-state index contributed by atoms with van der Waals surface area (Å²) in [6, 6.07) is 18.7. The SMILES string of the molecule is CC1Nc2ccccc2N=C1c1ccccc1. The molecule has 2 aromatic carbocycles. The standard InChI is InChI=1S/C15H14N2/c1-11-15(12-7-3-2-4-8-12)17-14-10-6-5-9-13(14)16-11/h2-11,16H,1H3. The molecule has 3 rings (SSSR count). The lowest BCUT2D eigenvalue weighted by Crippen LogP contribution is -2.29. The van der Waals surface area contributed by atoms with E-state index in [2.05, 4.69) is 30.4 Å². The molecular formula is C15H14N2. The van der Waals surface area contributed by atoms with Gasteiger partial charge in [0.15, 0.2) is 0 Å². The smallest absolute Gasteiger partial charge is 0.0865 e. The van der Waals surface area contributed by atoms with E-state index in [-0.39, 0.29) is 6.04 Å². The highest BCUT2D eigenvalue weighted by molar-refractivity contribution is 6.09. The van der Waals surface area contributed by atoms with Crippen molar-refractivity contribution in [2.24, 2.45) is 4.99 Å². The minimum atomic E-state index is 0.243. The number of hydrogen-bond acceptors (Lipinski definition) is 2. The van der Waals surface area contributed by atoms with Crippen molar-refractivity contribution >= 4 is 17.1 Å². The molecule has 0 saturated carbocycles. The molecule has 1 aliphatic rings. The van der Waals surface area contributed by atoms with Crippen LogP contribution in [0.25, 0.3) is 0 Å². The van der Waals surface area contributed by atoms with Crippen LogP contribution in [0.5, 0.6) is 0 Å². The molecule has 17 heavy (non-hydrogen) atoms. The Morgan fingerprint density at radius 1 is 0.941 bits per heavy atom. The zero-order valence-electron chi connectivity index (χ0n) is 9.72. The maximum Gasteiger partial charge on any atom is 0.0865 e. The van der Waals surface area contributed by atoms with Crippen LogP contribution in [0.4, 0.5) is 11.4 Å². The molecule has 2 aromatic rings. The number of benzene rings is 2. The number of hydrogen-bond donors (Lipinski definition) is 1. The van der Waals surface area contributed by atoms with Gasteiger partial charge in [-0.05, 0) is 24.6 Å². The fourth-order valence-corrected chi connectivity index (χ4v) is 2.14. The summed E-state index contributed by atoms with van der Waals surface area (Å²) in [7, 11) is 0. The Kier molecular flexibility index (Phi) is 2.41. The first-order valence-corrected chi connectivity index (χ1v) is 5.84. The summed E-state index contributed by atoms with van der Waals surface area (Å²) in [5.41, 5.74) is 4.41. The average molecular weight is 222 g/mol. The third-order valence-corrected chi connectivity index (χ3v) is 3.00. The van der Waals surface area contributed by atoms with Crippen molar-refractivity contribution in [3.8, 4) is 0 Å². The topological polar surface area (TPSA) is 24.4 Å². The lowest BCUT2D eigenvalue weighted by Gasteiger charge is -2.24. The Morgan fingerprint density at radius 2 is 1.65 bits per heavy atom. The number of aliphatic imine (C=N–C) groups is 1. The molecule has 84 valence electrons. The molecule has 1 heterocycles. The van der Waals surface area contributed by atoms with E-state index in [4.69, 9.17) is 4.99 Å². The van der Waals surface area contributed by atoms with E-state index < -0.39 is 0 Å². The fraction of sp³-hybridized carbons (Fsp3) is 0.133. The molecule has 0 fully saturated rings. The molecule has 1 atom stereocenters. The number of nitrogens with zero attached hydrogens (tertiary/aromatic N) is 1. The van der Waals surface area contributed by atoms with Crippen LogP contribution >= 0.6 is 0 Å². The molecular weight excluding hydrogens is 208 g/mol. The second-order valence-electron chi connectivity index (χ2n) is 4.25. The highest BCUT2D eigenvalue weighted by Crippen LogP contribution is 2.30. The zero-order valence-corrected chi connectivity index (χ0v) is 9.72. The average Bonchev–Trinajstić information content (AvgIpc) is 2.39. The molecule has 0 spiro atoms. The first-order chi connectivity index (χ1) is 8.34. The van der Waals surface area contributed by atoms with Gasteiger partial charge < -0.3 is 5.32 Å². The van der Waals surface area contributed by atoms with E-state index in [0.29, 0.717) is 0 Å². The second kappa shape index (κ2) is 4.06. The van der Waals surface area contributed by atoms with Gasteiger partial charge >= 0.3 is 0 Å². The third-order valence-electron chi connectivity index (χ3n) is 3.00. The van der Waals surface area contributed by atoms with Gasteiger partial charge in [-0.1, -0.05) is 42.5 Å². The molecule has 0 radical (unpaired) electrons. The minimum absolute atomic E-state index is 0.243. The summed E-state index contributed by atoms with van der Waals surface area (Å²) in [6.07, 6.45) is 0. The maximum atomic E-state index is 4.75. The number of para-hydroxylation sites is 2. The lowest BCUT2D eigenvalue weighted by molar-refractivity contribution is 1.03. The predicted molar refractivity (Wildman–Crippen MR) is 72.2 cm³/mol. The van der Waals surface area contributed by atoms with Crippen molar-refractivity contribution < 1.29 is 0 Å². The van der Waals surface area contributed by atoms with E-state index in [1.54, 1.807) is 0 Å². The molecule has 2 heteroatoms. The zero-order chi connectivity index (χ0) is 11.7. The molecule has 0 aliphatic carbocycles. The van der Waals surface area contributed by atoms with Crippen LogP contribution in [0.3, 0.4) is 0 Å². The van der Waals surface area contributed by atoms with Gasteiger partial charge in [-0.2, -0.15) is 0 Å². The second-order valence-corrected chi connectivity index (χ2v) is 4.25. The van der Waals surface area contributed by atoms with E-state index in [1.807, 2.05) is 36.4 Å². The van der Waals surface area contributed by atoms with Crippen molar-refractivity contribution in [3.05, 3.63) is 60.2 Å². The summed E-state index contributed by atoms with van der Waals surface area (Å²) in [5.74, 6) is 0. The molecule has 1 N–H and O–H groups in total. The Hall–Kier alpha value is -2.09. The Balaban J connectivity index is 2.10. The van der Waals surface area contributed by atoms with Gasteiger partial charge in [-0.25, -0.2) is 4.99 Å². The van der Waals surface area contributed by atoms with Gasteiger partial charge in [0, 0.05) is 0 Å². The first kappa shape index (κ1) is 10.1. The monoisotopic (exact) mass is 222 g/mol. The summed E-state index contributed by atoms with van der Waals surface area (Å²) in [5, 5.41) is 3.48. The van der Waals surface area contributed by atoms with Gasteiger partial charge in [-0.15, -0.1) is 0 Å². The number of anilines is 1. The van der Waals surface area contributed by atoms with Crippen LogP contribution in [0.2, 0.25) is 0 Å². The van der Waals surface area contributed by atoms with E-state index in [1.165, 1.54) is 5.56 Å². The highest BCUT2D eigenvalue weighted by Gasteiger charge is 2.18. The molecule has 1 aliphatic heterocycles. The number of rotatable bonds is 1. The Morgan fingerprint density at radius 3 is 2.47 bits per heavy atom. The molecule has 2 nitrogen and oxygen atoms in total. The Labute approximate surface area is 101 Å². The quantitative estimate of drug-likeness (QED) is 0.783. The van der Waals surface area contributed by atoms with Crippen molar-refractivity contribution in [3.63, 3.8) is 0 Å². The summed E-state index contributed by atoms with van der Waals surface area (Å²) in [4.78, 5) is 4.75. The van der Waals surface area contributed by atoms with Crippen LogP contribution in [-0.2, 0) is 0 Å².